The van der Waals surface area contributed by atoms with Gasteiger partial charge in [0.05, 0.1) is 18.9 Å². The zero-order chi connectivity index (χ0) is 22.6. The van der Waals surface area contributed by atoms with Gasteiger partial charge in [0.25, 0.3) is 0 Å². The average Bonchev–Trinajstić information content (AvgIpc) is 3.23. The quantitative estimate of drug-likeness (QED) is 0.496. The lowest BCUT2D eigenvalue weighted by atomic mass is 10.1. The van der Waals surface area contributed by atoms with Gasteiger partial charge in [-0.1, -0.05) is 25.5 Å². The van der Waals surface area contributed by atoms with Gasteiger partial charge in [-0.2, -0.15) is 4.98 Å². The standard InChI is InChI=1S/C25H29N5O3/c1-2-6-17-10-11-21-19(13-17)27-25(33-21)29-23-14-26-15-24(28-23)30-12-5-7-18(16-30)32-22-9-4-3-8-20(22)31/h4,9-11,13-15,18,31H,2-3,5-8,12,16H2,1H3,(H,27,28,29). The second-order valence-electron chi connectivity index (χ2n) is 8.54. The summed E-state index contributed by atoms with van der Waals surface area (Å²) in [5.74, 6) is 2.27. The average molecular weight is 448 g/mol. The van der Waals surface area contributed by atoms with Gasteiger partial charge in [-0.3, -0.25) is 10.3 Å². The van der Waals surface area contributed by atoms with Gasteiger partial charge in [-0.25, -0.2) is 4.98 Å². The first-order valence-electron chi connectivity index (χ1n) is 11.7. The summed E-state index contributed by atoms with van der Waals surface area (Å²) in [6, 6.07) is 6.51. The van der Waals surface area contributed by atoms with Crippen LogP contribution < -0.4 is 10.2 Å². The van der Waals surface area contributed by atoms with E-state index in [2.05, 4.69) is 39.2 Å². The smallest absolute Gasteiger partial charge is 0.301 e. The summed E-state index contributed by atoms with van der Waals surface area (Å²) in [4.78, 5) is 15.8. The zero-order valence-corrected chi connectivity index (χ0v) is 18.8. The summed E-state index contributed by atoms with van der Waals surface area (Å²) >= 11 is 0. The van der Waals surface area contributed by atoms with Gasteiger partial charge in [-0.05, 0) is 49.5 Å². The van der Waals surface area contributed by atoms with E-state index in [4.69, 9.17) is 14.1 Å². The van der Waals surface area contributed by atoms with Crippen molar-refractivity contribution in [1.29, 1.82) is 0 Å². The molecule has 3 heterocycles. The van der Waals surface area contributed by atoms with E-state index in [0.717, 1.165) is 55.6 Å². The van der Waals surface area contributed by atoms with E-state index in [1.165, 1.54) is 5.56 Å². The van der Waals surface area contributed by atoms with E-state index >= 15 is 0 Å². The van der Waals surface area contributed by atoms with Gasteiger partial charge in [0.15, 0.2) is 17.2 Å². The van der Waals surface area contributed by atoms with Crippen LogP contribution in [0.5, 0.6) is 0 Å². The van der Waals surface area contributed by atoms with E-state index in [9.17, 15) is 5.11 Å². The number of aromatic nitrogens is 3. The summed E-state index contributed by atoms with van der Waals surface area (Å²) < 4.78 is 11.9. The second kappa shape index (κ2) is 9.52. The van der Waals surface area contributed by atoms with Crippen molar-refractivity contribution in [2.75, 3.05) is 23.3 Å². The second-order valence-corrected chi connectivity index (χ2v) is 8.54. The van der Waals surface area contributed by atoms with Crippen molar-refractivity contribution in [3.63, 3.8) is 0 Å². The van der Waals surface area contributed by atoms with E-state index in [1.807, 2.05) is 18.2 Å². The molecular formula is C25H29N5O3. The first kappa shape index (κ1) is 21.3. The van der Waals surface area contributed by atoms with Crippen LogP contribution in [-0.2, 0) is 11.2 Å². The number of allylic oxidation sites excluding steroid dienone is 3. The SMILES string of the molecule is CCCc1ccc2oc(Nc3cncc(N4CCCC(OC5=C(O)CCC=C5)C4)n3)nc2c1. The highest BCUT2D eigenvalue weighted by Crippen LogP contribution is 2.26. The Balaban J connectivity index is 1.28. The summed E-state index contributed by atoms with van der Waals surface area (Å²) in [6.07, 6.45) is 12.8. The third-order valence-electron chi connectivity index (χ3n) is 5.94. The van der Waals surface area contributed by atoms with Gasteiger partial charge in [0.2, 0.25) is 0 Å². The molecule has 2 N–H and O–H groups in total. The Morgan fingerprint density at radius 3 is 3.09 bits per heavy atom. The fraction of sp³-hybridized carbons (Fsp3) is 0.400. The topological polar surface area (TPSA) is 96.5 Å². The molecule has 1 atom stereocenters. The van der Waals surface area contributed by atoms with Gasteiger partial charge in [0.1, 0.15) is 23.2 Å². The number of oxazole rings is 1. The van der Waals surface area contributed by atoms with E-state index in [1.54, 1.807) is 12.4 Å². The molecule has 0 spiro atoms. The molecule has 3 aromatic rings. The highest BCUT2D eigenvalue weighted by molar-refractivity contribution is 5.76. The minimum Gasteiger partial charge on any atom is -0.508 e. The predicted octanol–water partition coefficient (Wildman–Crippen LogP) is 5.42. The zero-order valence-electron chi connectivity index (χ0n) is 18.8. The molecule has 0 radical (unpaired) electrons. The van der Waals surface area contributed by atoms with Crippen LogP contribution in [0.2, 0.25) is 0 Å². The van der Waals surface area contributed by atoms with E-state index in [-0.39, 0.29) is 6.10 Å². The van der Waals surface area contributed by atoms with Crippen LogP contribution in [0.3, 0.4) is 0 Å². The molecule has 172 valence electrons. The number of ether oxygens (including phenoxy) is 1. The van der Waals surface area contributed by atoms with Crippen LogP contribution in [0.15, 0.2) is 58.7 Å². The lowest BCUT2D eigenvalue weighted by molar-refractivity contribution is 0.0972. The Bertz CT molecular complexity index is 1190. The molecule has 1 fully saturated rings. The lowest BCUT2D eigenvalue weighted by Crippen LogP contribution is -2.40. The minimum atomic E-state index is -0.00794. The summed E-state index contributed by atoms with van der Waals surface area (Å²) in [5, 5.41) is 13.2. The molecule has 8 nitrogen and oxygen atoms in total. The molecule has 0 amide bonds. The van der Waals surface area contributed by atoms with Crippen LogP contribution >= 0.6 is 0 Å². The number of nitrogens with zero attached hydrogens (tertiary/aromatic N) is 4. The Labute approximate surface area is 193 Å². The Hall–Kier alpha value is -3.55. The van der Waals surface area contributed by atoms with Crippen molar-refractivity contribution in [2.24, 2.45) is 0 Å². The number of benzene rings is 1. The maximum Gasteiger partial charge on any atom is 0.301 e. The number of fused-ring (bicyclic) bond motifs is 1. The van der Waals surface area contributed by atoms with Crippen molar-refractivity contribution >= 4 is 28.8 Å². The first-order chi connectivity index (χ1) is 16.2. The molecular weight excluding hydrogens is 418 g/mol. The maximum absolute atomic E-state index is 10.1. The van der Waals surface area contributed by atoms with Crippen LogP contribution in [0.1, 0.15) is 44.6 Å². The Kier molecular flexibility index (Phi) is 6.15. The van der Waals surface area contributed by atoms with Gasteiger partial charge in [-0.15, -0.1) is 0 Å². The van der Waals surface area contributed by atoms with E-state index < -0.39 is 0 Å². The number of nitrogens with one attached hydrogen (secondary N) is 1. The van der Waals surface area contributed by atoms with Crippen LogP contribution in [-0.4, -0.2) is 39.3 Å². The predicted molar refractivity (Wildman–Crippen MR) is 128 cm³/mol. The molecule has 1 saturated heterocycles. The third-order valence-corrected chi connectivity index (χ3v) is 5.94. The van der Waals surface area contributed by atoms with Gasteiger partial charge in [0, 0.05) is 13.0 Å². The molecule has 33 heavy (non-hydrogen) atoms. The Morgan fingerprint density at radius 2 is 2.21 bits per heavy atom. The fourth-order valence-corrected chi connectivity index (χ4v) is 4.31. The largest absolute Gasteiger partial charge is 0.508 e. The highest BCUT2D eigenvalue weighted by Gasteiger charge is 2.24. The lowest BCUT2D eigenvalue weighted by Gasteiger charge is -2.34. The molecule has 8 heteroatoms. The molecule has 0 saturated carbocycles. The summed E-state index contributed by atoms with van der Waals surface area (Å²) in [5.41, 5.74) is 2.83. The molecule has 1 aliphatic heterocycles. The number of aliphatic hydroxyl groups is 1. The van der Waals surface area contributed by atoms with Gasteiger partial charge < -0.3 is 19.2 Å². The minimum absolute atomic E-state index is 0.00794. The van der Waals surface area contributed by atoms with Crippen LogP contribution in [0.25, 0.3) is 11.1 Å². The number of aliphatic hydroxyl groups excluding tert-OH is 1. The van der Waals surface area contributed by atoms with Crippen LogP contribution in [0.4, 0.5) is 17.7 Å². The maximum atomic E-state index is 10.1. The third kappa shape index (κ3) is 4.94. The first-order valence-corrected chi connectivity index (χ1v) is 11.7. The molecule has 1 unspecified atom stereocenters. The number of hydrogen-bond donors (Lipinski definition) is 2. The van der Waals surface area contributed by atoms with E-state index in [0.29, 0.717) is 36.3 Å². The monoisotopic (exact) mass is 447 g/mol. The fourth-order valence-electron chi connectivity index (χ4n) is 4.31. The number of rotatable bonds is 7. The van der Waals surface area contributed by atoms with Crippen molar-refractivity contribution < 1.29 is 14.3 Å². The van der Waals surface area contributed by atoms with Gasteiger partial charge >= 0.3 is 6.01 Å². The normalized spacial score (nSPS) is 18.7. The summed E-state index contributed by atoms with van der Waals surface area (Å²) in [7, 11) is 0. The van der Waals surface area contributed by atoms with Crippen molar-refractivity contribution in [1.82, 2.24) is 15.0 Å². The molecule has 2 aliphatic rings. The Morgan fingerprint density at radius 1 is 1.27 bits per heavy atom. The van der Waals surface area contributed by atoms with Crippen molar-refractivity contribution in [3.05, 3.63) is 59.8 Å². The van der Waals surface area contributed by atoms with Crippen LogP contribution in [0, 0.1) is 0 Å². The number of piperidine rings is 1. The van der Waals surface area contributed by atoms with Crippen molar-refractivity contribution in [2.45, 2.75) is 51.6 Å². The summed E-state index contributed by atoms with van der Waals surface area (Å²) in [6.45, 7) is 3.73. The number of anilines is 3. The molecule has 1 aromatic carbocycles. The van der Waals surface area contributed by atoms with Crippen molar-refractivity contribution in [3.8, 4) is 0 Å². The molecule has 0 bridgehead atoms. The number of hydrogen-bond acceptors (Lipinski definition) is 8. The highest BCUT2D eigenvalue weighted by atomic mass is 16.5. The molecule has 1 aliphatic carbocycles. The molecule has 5 rings (SSSR count). The number of aryl methyl sites for hydroxylation is 1. The molecule has 2 aromatic heterocycles.